The van der Waals surface area contributed by atoms with Crippen molar-refractivity contribution in [3.8, 4) is 0 Å². The Labute approximate surface area is 123 Å². The van der Waals surface area contributed by atoms with Gasteiger partial charge in [0.1, 0.15) is 0 Å². The van der Waals surface area contributed by atoms with Gasteiger partial charge in [-0.05, 0) is 30.5 Å². The molecule has 0 bridgehead atoms. The Balaban J connectivity index is 2.95. The van der Waals surface area contributed by atoms with E-state index in [0.29, 0.717) is 6.42 Å². The van der Waals surface area contributed by atoms with E-state index in [1.54, 1.807) is 0 Å². The largest absolute Gasteiger partial charge is 0.418 e. The topological polar surface area (TPSA) is 55.1 Å². The Hall–Kier alpha value is -1.08. The summed E-state index contributed by atoms with van der Waals surface area (Å²) < 4.78 is 38.9. The summed E-state index contributed by atoms with van der Waals surface area (Å²) in [7, 11) is 0. The highest BCUT2D eigenvalue weighted by atomic mass is 79.9. The Bertz CT molecular complexity index is 489. The monoisotopic (exact) mass is 352 g/mol. The molecule has 0 aliphatic rings. The lowest BCUT2D eigenvalue weighted by atomic mass is 10.0. The number of benzene rings is 1. The molecule has 1 aromatic carbocycles. The third-order valence-corrected chi connectivity index (χ3v) is 3.10. The van der Waals surface area contributed by atoms with Crippen LogP contribution in [0.2, 0.25) is 0 Å². The summed E-state index contributed by atoms with van der Waals surface area (Å²) in [5.41, 5.74) is 4.46. The average Bonchev–Trinajstić information content (AvgIpc) is 2.29. The molecule has 0 saturated carbocycles. The number of alkyl halides is 3. The Kier molecular flexibility index (Phi) is 5.59. The van der Waals surface area contributed by atoms with Gasteiger partial charge in [0.05, 0.1) is 17.3 Å². The molecule has 1 aromatic rings. The van der Waals surface area contributed by atoms with Crippen LogP contribution >= 0.6 is 15.9 Å². The second-order valence-electron chi connectivity index (χ2n) is 4.91. The molecule has 0 aliphatic carbocycles. The third kappa shape index (κ3) is 4.79. The first kappa shape index (κ1) is 17.0. The van der Waals surface area contributed by atoms with Gasteiger partial charge in [-0.25, -0.2) is 0 Å². The van der Waals surface area contributed by atoms with E-state index in [4.69, 9.17) is 5.73 Å². The fourth-order valence-electron chi connectivity index (χ4n) is 1.70. The molecule has 0 radical (unpaired) electrons. The van der Waals surface area contributed by atoms with Crippen molar-refractivity contribution < 1.29 is 18.0 Å². The van der Waals surface area contributed by atoms with Crippen molar-refractivity contribution in [3.05, 3.63) is 28.2 Å². The lowest BCUT2D eigenvalue weighted by Crippen LogP contribution is -2.37. The highest BCUT2D eigenvalue weighted by Crippen LogP contribution is 2.36. The minimum absolute atomic E-state index is 0.183. The highest BCUT2D eigenvalue weighted by molar-refractivity contribution is 9.10. The molecule has 0 spiro atoms. The molecule has 1 amide bonds. The smallest absolute Gasteiger partial charge is 0.324 e. The van der Waals surface area contributed by atoms with Crippen molar-refractivity contribution in [1.29, 1.82) is 0 Å². The third-order valence-electron chi connectivity index (χ3n) is 2.61. The molecule has 0 unspecified atom stereocenters. The zero-order chi connectivity index (χ0) is 15.5. The van der Waals surface area contributed by atoms with Crippen LogP contribution in [0.1, 0.15) is 25.8 Å². The van der Waals surface area contributed by atoms with Crippen LogP contribution in [0.5, 0.6) is 0 Å². The van der Waals surface area contributed by atoms with Gasteiger partial charge < -0.3 is 11.1 Å². The first-order chi connectivity index (χ1) is 9.11. The maximum absolute atomic E-state index is 12.9. The van der Waals surface area contributed by atoms with Crippen molar-refractivity contribution in [2.24, 2.45) is 11.7 Å². The lowest BCUT2D eigenvalue weighted by Gasteiger charge is -2.17. The van der Waals surface area contributed by atoms with Gasteiger partial charge >= 0.3 is 6.18 Å². The van der Waals surface area contributed by atoms with Crippen molar-refractivity contribution in [2.45, 2.75) is 32.5 Å². The summed E-state index contributed by atoms with van der Waals surface area (Å²) in [5.74, 6) is -0.436. The van der Waals surface area contributed by atoms with E-state index in [0.717, 1.165) is 6.07 Å². The molecule has 3 nitrogen and oxygen atoms in total. The van der Waals surface area contributed by atoms with Gasteiger partial charge in [-0.3, -0.25) is 4.79 Å². The van der Waals surface area contributed by atoms with Crippen LogP contribution in [-0.2, 0) is 11.0 Å². The predicted octanol–water partition coefficient (Wildman–Crippen LogP) is 3.78. The van der Waals surface area contributed by atoms with E-state index in [9.17, 15) is 18.0 Å². The number of carbonyl (C=O) groups is 1. The van der Waals surface area contributed by atoms with Crippen LogP contribution < -0.4 is 11.1 Å². The van der Waals surface area contributed by atoms with Gasteiger partial charge in [0.2, 0.25) is 5.91 Å². The summed E-state index contributed by atoms with van der Waals surface area (Å²) in [4.78, 5) is 11.8. The highest BCUT2D eigenvalue weighted by Gasteiger charge is 2.34. The second-order valence-corrected chi connectivity index (χ2v) is 5.83. The van der Waals surface area contributed by atoms with Crippen molar-refractivity contribution in [2.75, 3.05) is 5.32 Å². The zero-order valence-electron chi connectivity index (χ0n) is 11.1. The van der Waals surface area contributed by atoms with Crippen LogP contribution in [-0.4, -0.2) is 11.9 Å². The number of amides is 1. The maximum Gasteiger partial charge on any atom is 0.418 e. The summed E-state index contributed by atoms with van der Waals surface area (Å²) in [5, 5.41) is 2.24. The first-order valence-electron chi connectivity index (χ1n) is 6.04. The molecule has 1 atom stereocenters. The molecular weight excluding hydrogens is 337 g/mol. The number of anilines is 1. The molecule has 0 saturated heterocycles. The van der Waals surface area contributed by atoms with Crippen LogP contribution in [0.15, 0.2) is 22.7 Å². The standard InChI is InChI=1S/C13H16BrF3N2O/c1-7(2)5-10(18)12(20)19-11-4-3-8(14)6-9(11)13(15,16)17/h3-4,6-7,10H,5,18H2,1-2H3,(H,19,20)/t10-/m1/s1. The number of hydrogen-bond donors (Lipinski definition) is 2. The van der Waals surface area contributed by atoms with E-state index in [1.165, 1.54) is 12.1 Å². The molecule has 0 aromatic heterocycles. The SMILES string of the molecule is CC(C)C[C@@H](N)C(=O)Nc1ccc(Br)cc1C(F)(F)F. The first-order valence-corrected chi connectivity index (χ1v) is 6.83. The van der Waals surface area contributed by atoms with Crippen molar-refractivity contribution in [3.63, 3.8) is 0 Å². The van der Waals surface area contributed by atoms with Gasteiger partial charge in [-0.15, -0.1) is 0 Å². The Morgan fingerprint density at radius 2 is 2.00 bits per heavy atom. The van der Waals surface area contributed by atoms with Crippen LogP contribution in [0.4, 0.5) is 18.9 Å². The summed E-state index contributed by atoms with van der Waals surface area (Å²) in [6.45, 7) is 3.77. The fourth-order valence-corrected chi connectivity index (χ4v) is 2.06. The van der Waals surface area contributed by atoms with E-state index in [-0.39, 0.29) is 16.1 Å². The molecule has 1 rings (SSSR count). The van der Waals surface area contributed by atoms with E-state index < -0.39 is 23.7 Å². The molecule has 0 aliphatic heterocycles. The quantitative estimate of drug-likeness (QED) is 0.866. The normalized spacial score (nSPS) is 13.4. The van der Waals surface area contributed by atoms with Gasteiger partial charge in [-0.2, -0.15) is 13.2 Å². The van der Waals surface area contributed by atoms with Crippen molar-refractivity contribution >= 4 is 27.5 Å². The number of rotatable bonds is 4. The van der Waals surface area contributed by atoms with Gasteiger partial charge in [0.25, 0.3) is 0 Å². The number of halogens is 4. The van der Waals surface area contributed by atoms with Crippen LogP contribution in [0, 0.1) is 5.92 Å². The fraction of sp³-hybridized carbons (Fsp3) is 0.462. The molecular formula is C13H16BrF3N2O. The van der Waals surface area contributed by atoms with E-state index in [2.05, 4.69) is 21.2 Å². The minimum atomic E-state index is -4.55. The van der Waals surface area contributed by atoms with Crippen LogP contribution in [0.3, 0.4) is 0 Å². The molecule has 0 fully saturated rings. The summed E-state index contributed by atoms with van der Waals surface area (Å²) in [6.07, 6.45) is -4.14. The summed E-state index contributed by atoms with van der Waals surface area (Å²) in [6, 6.07) is 2.72. The number of nitrogens with one attached hydrogen (secondary N) is 1. The summed E-state index contributed by atoms with van der Waals surface area (Å²) >= 11 is 2.98. The Morgan fingerprint density at radius 1 is 1.40 bits per heavy atom. The van der Waals surface area contributed by atoms with Gasteiger partial charge in [0.15, 0.2) is 0 Å². The van der Waals surface area contributed by atoms with Gasteiger partial charge in [-0.1, -0.05) is 29.8 Å². The van der Waals surface area contributed by atoms with Gasteiger partial charge in [0, 0.05) is 4.47 Å². The molecule has 3 N–H and O–H groups in total. The predicted molar refractivity (Wildman–Crippen MR) is 75.2 cm³/mol. The lowest BCUT2D eigenvalue weighted by molar-refractivity contribution is -0.137. The molecule has 7 heteroatoms. The van der Waals surface area contributed by atoms with E-state index in [1.807, 2.05) is 13.8 Å². The Morgan fingerprint density at radius 3 is 2.50 bits per heavy atom. The average molecular weight is 353 g/mol. The molecule has 0 heterocycles. The van der Waals surface area contributed by atoms with Crippen molar-refractivity contribution in [1.82, 2.24) is 0 Å². The number of hydrogen-bond acceptors (Lipinski definition) is 2. The van der Waals surface area contributed by atoms with Crippen LogP contribution in [0.25, 0.3) is 0 Å². The zero-order valence-corrected chi connectivity index (χ0v) is 12.7. The molecule has 112 valence electrons. The number of nitrogens with two attached hydrogens (primary N) is 1. The number of carbonyl (C=O) groups excluding carboxylic acids is 1. The minimum Gasteiger partial charge on any atom is -0.324 e. The second kappa shape index (κ2) is 6.58. The maximum atomic E-state index is 12.9. The van der Waals surface area contributed by atoms with E-state index >= 15 is 0 Å². The molecule has 20 heavy (non-hydrogen) atoms.